The van der Waals surface area contributed by atoms with Gasteiger partial charge in [-0.05, 0) is 24.5 Å². The highest BCUT2D eigenvalue weighted by molar-refractivity contribution is 7.99. The number of aryl methyl sites for hydroxylation is 1. The first-order valence-electron chi connectivity index (χ1n) is 6.49. The minimum absolute atomic E-state index is 0.0143. The van der Waals surface area contributed by atoms with Gasteiger partial charge in [0.15, 0.2) is 5.16 Å². The Balaban J connectivity index is 2.50. The molecule has 0 bridgehead atoms. The number of imidazole rings is 1. The van der Waals surface area contributed by atoms with Crippen molar-refractivity contribution in [3.8, 4) is 5.69 Å². The third kappa shape index (κ3) is 3.04. The molecule has 1 heterocycles. The van der Waals surface area contributed by atoms with E-state index in [0.717, 1.165) is 22.1 Å². The van der Waals surface area contributed by atoms with Crippen molar-refractivity contribution in [3.05, 3.63) is 41.7 Å². The zero-order valence-corrected chi connectivity index (χ0v) is 12.6. The van der Waals surface area contributed by atoms with Crippen molar-refractivity contribution in [1.29, 1.82) is 0 Å². The number of thioether (sulfide) groups is 1. The van der Waals surface area contributed by atoms with Crippen LogP contribution in [0.15, 0.2) is 35.6 Å². The number of aromatic nitrogens is 2. The summed E-state index contributed by atoms with van der Waals surface area (Å²) >= 11 is 1.25. The van der Waals surface area contributed by atoms with Gasteiger partial charge < -0.3 is 5.11 Å². The number of benzene rings is 1. The lowest BCUT2D eigenvalue weighted by Gasteiger charge is -2.15. The van der Waals surface area contributed by atoms with Gasteiger partial charge in [-0.3, -0.25) is 9.36 Å². The fourth-order valence-electron chi connectivity index (χ4n) is 2.04. The highest BCUT2D eigenvalue weighted by Gasteiger charge is 2.16. The molecule has 2 aromatic rings. The molecule has 0 atom stereocenters. The van der Waals surface area contributed by atoms with Crippen LogP contribution in [-0.4, -0.2) is 26.4 Å². The van der Waals surface area contributed by atoms with Crippen LogP contribution in [0, 0.1) is 6.92 Å². The van der Waals surface area contributed by atoms with Crippen LogP contribution in [-0.2, 0) is 4.79 Å². The highest BCUT2D eigenvalue weighted by atomic mass is 32.2. The third-order valence-corrected chi connectivity index (χ3v) is 3.97. The molecule has 0 fully saturated rings. The van der Waals surface area contributed by atoms with Crippen molar-refractivity contribution in [2.75, 3.05) is 5.75 Å². The quantitative estimate of drug-likeness (QED) is 0.857. The van der Waals surface area contributed by atoms with Crippen LogP contribution in [0.1, 0.15) is 31.0 Å². The lowest BCUT2D eigenvalue weighted by molar-refractivity contribution is -0.133. The Morgan fingerprint density at radius 2 is 2.10 bits per heavy atom. The molecule has 0 aliphatic carbocycles. The van der Waals surface area contributed by atoms with Crippen LogP contribution in [0.25, 0.3) is 5.69 Å². The van der Waals surface area contributed by atoms with Gasteiger partial charge in [0.05, 0.1) is 17.6 Å². The molecule has 20 heavy (non-hydrogen) atoms. The van der Waals surface area contributed by atoms with Crippen LogP contribution in [0.4, 0.5) is 0 Å². The van der Waals surface area contributed by atoms with Crippen molar-refractivity contribution in [1.82, 2.24) is 9.55 Å². The first-order chi connectivity index (χ1) is 9.50. The molecular weight excluding hydrogens is 272 g/mol. The summed E-state index contributed by atoms with van der Waals surface area (Å²) in [5.74, 6) is -0.498. The average Bonchev–Trinajstić information content (AvgIpc) is 2.80. The Morgan fingerprint density at radius 3 is 2.70 bits per heavy atom. The summed E-state index contributed by atoms with van der Waals surface area (Å²) in [6.07, 6.45) is 1.83. The molecule has 1 aromatic carbocycles. The van der Waals surface area contributed by atoms with E-state index in [1.165, 1.54) is 11.8 Å². The number of nitrogens with zero attached hydrogens (tertiary/aromatic N) is 2. The molecule has 1 N–H and O–H groups in total. The molecule has 0 saturated heterocycles. The van der Waals surface area contributed by atoms with Crippen LogP contribution >= 0.6 is 11.8 Å². The van der Waals surface area contributed by atoms with Gasteiger partial charge in [0.2, 0.25) is 0 Å². The summed E-state index contributed by atoms with van der Waals surface area (Å²) in [4.78, 5) is 15.2. The van der Waals surface area contributed by atoms with E-state index >= 15 is 0 Å². The number of rotatable bonds is 5. The first-order valence-corrected chi connectivity index (χ1v) is 7.47. The van der Waals surface area contributed by atoms with Gasteiger partial charge in [-0.25, -0.2) is 4.98 Å². The number of carbonyl (C=O) groups is 1. The molecule has 0 aliphatic rings. The number of hydrogen-bond donors (Lipinski definition) is 1. The Bertz CT molecular complexity index is 620. The maximum atomic E-state index is 10.8. The summed E-state index contributed by atoms with van der Waals surface area (Å²) in [7, 11) is 0. The van der Waals surface area contributed by atoms with E-state index in [2.05, 4.69) is 23.4 Å². The van der Waals surface area contributed by atoms with Crippen molar-refractivity contribution >= 4 is 17.7 Å². The predicted molar refractivity (Wildman–Crippen MR) is 80.7 cm³/mol. The van der Waals surface area contributed by atoms with Crippen molar-refractivity contribution in [3.63, 3.8) is 0 Å². The number of carboxylic acids is 1. The monoisotopic (exact) mass is 290 g/mol. The van der Waals surface area contributed by atoms with Gasteiger partial charge in [0.1, 0.15) is 0 Å². The normalized spacial score (nSPS) is 11.0. The fourth-order valence-corrected chi connectivity index (χ4v) is 2.75. The van der Waals surface area contributed by atoms with Crippen LogP contribution in [0.5, 0.6) is 0 Å². The standard InChI is InChI=1S/C15H18N2O2S/c1-10(2)13-8-16-15(20-9-14(18)19)17(13)12-7-5-4-6-11(12)3/h4-8,10H,9H2,1-3H3,(H,18,19). The molecule has 0 aliphatic heterocycles. The van der Waals surface area contributed by atoms with E-state index in [9.17, 15) is 4.79 Å². The van der Waals surface area contributed by atoms with Gasteiger partial charge in [0.25, 0.3) is 0 Å². The van der Waals surface area contributed by atoms with Gasteiger partial charge in [-0.2, -0.15) is 0 Å². The van der Waals surface area contributed by atoms with E-state index in [4.69, 9.17) is 5.11 Å². The lowest BCUT2D eigenvalue weighted by atomic mass is 10.1. The lowest BCUT2D eigenvalue weighted by Crippen LogP contribution is -2.06. The second-order valence-electron chi connectivity index (χ2n) is 4.92. The van der Waals surface area contributed by atoms with Crippen molar-refractivity contribution in [2.24, 2.45) is 0 Å². The summed E-state index contributed by atoms with van der Waals surface area (Å²) in [6.45, 7) is 6.26. The average molecular weight is 290 g/mol. The van der Waals surface area contributed by atoms with Gasteiger partial charge in [0, 0.05) is 5.69 Å². The van der Waals surface area contributed by atoms with Crippen LogP contribution < -0.4 is 0 Å². The molecule has 2 rings (SSSR count). The molecule has 0 spiro atoms. The zero-order chi connectivity index (χ0) is 14.7. The summed E-state index contributed by atoms with van der Waals surface area (Å²) in [6, 6.07) is 8.06. The van der Waals surface area contributed by atoms with E-state index in [0.29, 0.717) is 5.92 Å². The number of hydrogen-bond acceptors (Lipinski definition) is 3. The van der Waals surface area contributed by atoms with E-state index in [1.807, 2.05) is 37.4 Å². The second kappa shape index (κ2) is 6.13. The number of para-hydroxylation sites is 1. The molecule has 0 saturated carbocycles. The Kier molecular flexibility index (Phi) is 4.49. The SMILES string of the molecule is Cc1ccccc1-n1c(C(C)C)cnc1SCC(=O)O. The molecule has 106 valence electrons. The van der Waals surface area contributed by atoms with Crippen LogP contribution in [0.2, 0.25) is 0 Å². The van der Waals surface area contributed by atoms with Crippen molar-refractivity contribution in [2.45, 2.75) is 31.8 Å². The maximum absolute atomic E-state index is 10.8. The summed E-state index contributed by atoms with van der Waals surface area (Å²) in [5, 5.41) is 9.58. The first kappa shape index (κ1) is 14.7. The largest absolute Gasteiger partial charge is 0.481 e. The molecule has 0 radical (unpaired) electrons. The smallest absolute Gasteiger partial charge is 0.313 e. The fraction of sp³-hybridized carbons (Fsp3) is 0.333. The third-order valence-electron chi connectivity index (χ3n) is 3.03. The van der Waals surface area contributed by atoms with E-state index < -0.39 is 5.97 Å². The Hall–Kier alpha value is -1.75. The van der Waals surface area contributed by atoms with E-state index in [1.54, 1.807) is 0 Å². The molecular formula is C15H18N2O2S. The molecule has 0 unspecified atom stereocenters. The minimum atomic E-state index is -0.833. The highest BCUT2D eigenvalue weighted by Crippen LogP contribution is 2.28. The second-order valence-corrected chi connectivity index (χ2v) is 5.87. The van der Waals surface area contributed by atoms with E-state index in [-0.39, 0.29) is 5.75 Å². The predicted octanol–water partition coefficient (Wildman–Crippen LogP) is 3.48. The summed E-state index contributed by atoms with van der Waals surface area (Å²) < 4.78 is 2.06. The maximum Gasteiger partial charge on any atom is 0.313 e. The van der Waals surface area contributed by atoms with Gasteiger partial charge in [-0.15, -0.1) is 0 Å². The minimum Gasteiger partial charge on any atom is -0.481 e. The number of carboxylic acid groups (broad SMARTS) is 1. The molecule has 4 nitrogen and oxygen atoms in total. The van der Waals surface area contributed by atoms with Gasteiger partial charge >= 0.3 is 5.97 Å². The Morgan fingerprint density at radius 1 is 1.40 bits per heavy atom. The molecule has 0 amide bonds. The Labute approximate surface area is 122 Å². The molecule has 1 aromatic heterocycles. The van der Waals surface area contributed by atoms with Gasteiger partial charge in [-0.1, -0.05) is 43.8 Å². The molecule has 5 heteroatoms. The van der Waals surface area contributed by atoms with Crippen LogP contribution in [0.3, 0.4) is 0 Å². The van der Waals surface area contributed by atoms with Crippen molar-refractivity contribution < 1.29 is 9.90 Å². The zero-order valence-electron chi connectivity index (χ0n) is 11.8. The number of aliphatic carboxylic acids is 1. The topological polar surface area (TPSA) is 55.1 Å². The summed E-state index contributed by atoms with van der Waals surface area (Å²) in [5.41, 5.74) is 3.29.